The normalized spacial score (nSPS) is 12.9. The van der Waals surface area contributed by atoms with Crippen LogP contribution in [-0.2, 0) is 19.1 Å². The third-order valence-electron chi connectivity index (χ3n) is 1.76. The highest BCUT2D eigenvalue weighted by Crippen LogP contribution is 2.08. The van der Waals surface area contributed by atoms with Crippen LogP contribution in [0.4, 0.5) is 9.59 Å². The topological polar surface area (TPSA) is 103 Å². The molecule has 128 valence electrons. The molecule has 0 aliphatic rings. The lowest BCUT2D eigenvalue weighted by Gasteiger charge is -2.22. The summed E-state index contributed by atoms with van der Waals surface area (Å²) in [5.74, 6) is -1.21. The molecular formula is C13H23ClN2O6. The number of rotatable bonds is 3. The molecule has 0 rings (SSSR count). The SMILES string of the molecule is CC(C)(C)OC(=O)NOC(=O)[C@H](CCl)NC(=O)OC(C)(C)C. The molecule has 8 nitrogen and oxygen atoms in total. The monoisotopic (exact) mass is 338 g/mol. The van der Waals surface area contributed by atoms with Crippen molar-refractivity contribution in [1.82, 2.24) is 10.8 Å². The minimum Gasteiger partial charge on any atom is -0.444 e. The Morgan fingerprint density at radius 3 is 1.82 bits per heavy atom. The highest BCUT2D eigenvalue weighted by molar-refractivity contribution is 6.19. The van der Waals surface area contributed by atoms with E-state index in [0.29, 0.717) is 0 Å². The number of amides is 2. The minimum atomic E-state index is -1.17. The Balaban J connectivity index is 4.37. The van der Waals surface area contributed by atoms with Crippen molar-refractivity contribution in [3.63, 3.8) is 0 Å². The zero-order valence-corrected chi connectivity index (χ0v) is 14.4. The molecule has 0 unspecified atom stereocenters. The van der Waals surface area contributed by atoms with Crippen LogP contribution in [0, 0.1) is 0 Å². The highest BCUT2D eigenvalue weighted by atomic mass is 35.5. The second kappa shape index (κ2) is 8.07. The van der Waals surface area contributed by atoms with Crippen LogP contribution in [0.1, 0.15) is 41.5 Å². The molecule has 9 heteroatoms. The van der Waals surface area contributed by atoms with E-state index >= 15 is 0 Å². The van der Waals surface area contributed by atoms with Gasteiger partial charge in [-0.25, -0.2) is 14.4 Å². The van der Waals surface area contributed by atoms with Crippen molar-refractivity contribution in [3.05, 3.63) is 0 Å². The molecule has 0 aromatic carbocycles. The fraction of sp³-hybridized carbons (Fsp3) is 0.769. The van der Waals surface area contributed by atoms with E-state index in [1.54, 1.807) is 41.5 Å². The van der Waals surface area contributed by atoms with E-state index in [1.165, 1.54) is 0 Å². The van der Waals surface area contributed by atoms with E-state index < -0.39 is 35.4 Å². The predicted molar refractivity (Wildman–Crippen MR) is 79.3 cm³/mol. The third kappa shape index (κ3) is 10.1. The largest absolute Gasteiger partial charge is 0.444 e. The number of halogens is 1. The molecule has 0 aromatic heterocycles. The molecule has 0 bridgehead atoms. The summed E-state index contributed by atoms with van der Waals surface area (Å²) in [5.41, 5.74) is 0.352. The van der Waals surface area contributed by atoms with Crippen LogP contribution in [0.15, 0.2) is 0 Å². The molecule has 0 saturated heterocycles. The zero-order valence-electron chi connectivity index (χ0n) is 13.6. The summed E-state index contributed by atoms with van der Waals surface area (Å²) in [5, 5.41) is 2.24. The molecule has 0 heterocycles. The van der Waals surface area contributed by atoms with E-state index in [2.05, 4.69) is 10.2 Å². The zero-order chi connectivity index (χ0) is 17.6. The Bertz CT molecular complexity index is 414. The molecule has 22 heavy (non-hydrogen) atoms. The summed E-state index contributed by atoms with van der Waals surface area (Å²) in [6.07, 6.45) is -1.76. The molecule has 2 amide bonds. The van der Waals surface area contributed by atoms with Crippen LogP contribution < -0.4 is 10.8 Å². The van der Waals surface area contributed by atoms with Crippen molar-refractivity contribution >= 4 is 29.8 Å². The van der Waals surface area contributed by atoms with Crippen LogP contribution in [0.3, 0.4) is 0 Å². The van der Waals surface area contributed by atoms with Crippen molar-refractivity contribution in [1.29, 1.82) is 0 Å². The second-order valence-corrected chi connectivity index (χ2v) is 6.69. The van der Waals surface area contributed by atoms with Gasteiger partial charge in [0, 0.05) is 0 Å². The first kappa shape index (κ1) is 20.3. The summed E-state index contributed by atoms with van der Waals surface area (Å²) >= 11 is 5.58. The first-order chi connectivity index (χ1) is 9.84. The van der Waals surface area contributed by atoms with Crippen LogP contribution in [-0.4, -0.2) is 41.3 Å². The Hall–Kier alpha value is -1.70. The molecule has 0 aromatic rings. The Morgan fingerprint density at radius 1 is 0.955 bits per heavy atom. The van der Waals surface area contributed by atoms with Crippen LogP contribution in [0.5, 0.6) is 0 Å². The van der Waals surface area contributed by atoms with Gasteiger partial charge in [0.25, 0.3) is 0 Å². The molecule has 2 N–H and O–H groups in total. The summed E-state index contributed by atoms with van der Waals surface area (Å²) in [6, 6.07) is -1.17. The van der Waals surface area contributed by atoms with Gasteiger partial charge >= 0.3 is 18.2 Å². The number of nitrogens with one attached hydrogen (secondary N) is 2. The molecule has 0 saturated carbocycles. The van der Waals surface area contributed by atoms with Crippen LogP contribution in [0.25, 0.3) is 0 Å². The predicted octanol–water partition coefficient (Wildman–Crippen LogP) is 2.10. The number of alkyl halides is 1. The van der Waals surface area contributed by atoms with E-state index in [-0.39, 0.29) is 5.88 Å². The number of ether oxygens (including phenoxy) is 2. The molecular weight excluding hydrogens is 316 g/mol. The second-order valence-electron chi connectivity index (χ2n) is 6.38. The van der Waals surface area contributed by atoms with Gasteiger partial charge in [-0.05, 0) is 41.5 Å². The molecule has 1 atom stereocenters. The minimum absolute atomic E-state index is 0.256. The maximum atomic E-state index is 11.7. The van der Waals surface area contributed by atoms with E-state index in [9.17, 15) is 14.4 Å². The van der Waals surface area contributed by atoms with Gasteiger partial charge in [0.2, 0.25) is 0 Å². The number of hydroxylamine groups is 1. The summed E-state index contributed by atoms with van der Waals surface area (Å²) in [6.45, 7) is 9.97. The van der Waals surface area contributed by atoms with Crippen molar-refractivity contribution in [2.75, 3.05) is 5.88 Å². The van der Waals surface area contributed by atoms with Gasteiger partial charge in [-0.3, -0.25) is 0 Å². The van der Waals surface area contributed by atoms with Crippen molar-refractivity contribution in [3.8, 4) is 0 Å². The lowest BCUT2D eigenvalue weighted by Crippen LogP contribution is -2.47. The summed E-state index contributed by atoms with van der Waals surface area (Å²) in [4.78, 5) is 39.1. The van der Waals surface area contributed by atoms with Gasteiger partial charge in [-0.15, -0.1) is 17.1 Å². The number of alkyl carbamates (subject to hydrolysis) is 1. The fourth-order valence-corrected chi connectivity index (χ4v) is 1.28. The lowest BCUT2D eigenvalue weighted by molar-refractivity contribution is -0.152. The summed E-state index contributed by atoms with van der Waals surface area (Å²) in [7, 11) is 0. The van der Waals surface area contributed by atoms with Gasteiger partial charge < -0.3 is 19.6 Å². The van der Waals surface area contributed by atoms with Crippen LogP contribution in [0.2, 0.25) is 0 Å². The maximum absolute atomic E-state index is 11.7. The first-order valence-corrected chi connectivity index (χ1v) is 7.12. The average Bonchev–Trinajstić information content (AvgIpc) is 2.28. The molecule has 0 radical (unpaired) electrons. The van der Waals surface area contributed by atoms with Crippen molar-refractivity contribution in [2.24, 2.45) is 0 Å². The third-order valence-corrected chi connectivity index (χ3v) is 2.07. The van der Waals surface area contributed by atoms with Crippen molar-refractivity contribution in [2.45, 2.75) is 58.8 Å². The standard InChI is InChI=1S/C13H23ClN2O6/c1-12(2,3)20-10(18)15-8(7-14)9(17)22-16-11(19)21-13(4,5)6/h8H,7H2,1-6H3,(H,15,18)(H,16,19)/t8-/m0/s1. The van der Waals surface area contributed by atoms with E-state index in [1.807, 2.05) is 5.48 Å². The number of hydrogen-bond acceptors (Lipinski definition) is 6. The van der Waals surface area contributed by atoms with Gasteiger partial charge in [0.15, 0.2) is 0 Å². The van der Waals surface area contributed by atoms with E-state index in [4.69, 9.17) is 21.1 Å². The lowest BCUT2D eigenvalue weighted by atomic mass is 10.2. The quantitative estimate of drug-likeness (QED) is 0.464. The number of carbonyl (C=O) groups excluding carboxylic acids is 3. The van der Waals surface area contributed by atoms with Crippen molar-refractivity contribution < 1.29 is 28.7 Å². The maximum Gasteiger partial charge on any atom is 0.441 e. The Morgan fingerprint density at radius 2 is 1.41 bits per heavy atom. The number of carbonyl (C=O) groups is 3. The smallest absolute Gasteiger partial charge is 0.441 e. The van der Waals surface area contributed by atoms with E-state index in [0.717, 1.165) is 0 Å². The summed E-state index contributed by atoms with van der Waals surface area (Å²) < 4.78 is 9.86. The molecule has 0 aliphatic heterocycles. The van der Waals surface area contributed by atoms with Gasteiger partial charge in [-0.2, -0.15) is 0 Å². The van der Waals surface area contributed by atoms with Gasteiger partial charge in [0.1, 0.15) is 17.2 Å². The molecule has 0 spiro atoms. The fourth-order valence-electron chi connectivity index (χ4n) is 1.07. The first-order valence-electron chi connectivity index (χ1n) is 6.59. The van der Waals surface area contributed by atoms with Gasteiger partial charge in [-0.1, -0.05) is 0 Å². The Labute approximate surface area is 134 Å². The molecule has 0 aliphatic carbocycles. The average molecular weight is 339 g/mol. The Kier molecular flexibility index (Phi) is 7.45. The molecule has 0 fully saturated rings. The number of hydrogen-bond donors (Lipinski definition) is 2. The highest BCUT2D eigenvalue weighted by Gasteiger charge is 2.26. The van der Waals surface area contributed by atoms with Gasteiger partial charge in [0.05, 0.1) is 5.88 Å². The van der Waals surface area contributed by atoms with Crippen LogP contribution >= 0.6 is 11.6 Å².